The fourth-order valence-electron chi connectivity index (χ4n) is 1.38. The number of aryl methyl sites for hydroxylation is 1. The number of aromatic nitrogens is 3. The van der Waals surface area contributed by atoms with Crippen LogP contribution in [0.3, 0.4) is 0 Å². The van der Waals surface area contributed by atoms with Crippen molar-refractivity contribution >= 4 is 11.3 Å². The van der Waals surface area contributed by atoms with Crippen LogP contribution >= 0.6 is 11.3 Å². The maximum Gasteiger partial charge on any atom is 0.232 e. The molecule has 0 aromatic carbocycles. The molecule has 5 nitrogen and oxygen atoms in total. The lowest BCUT2D eigenvalue weighted by Gasteiger charge is -2.07. The van der Waals surface area contributed by atoms with Crippen molar-refractivity contribution in [1.29, 1.82) is 0 Å². The number of rotatable bonds is 4. The number of hydrogen-bond donors (Lipinski definition) is 1. The number of nitrogens with zero attached hydrogens (tertiary/aromatic N) is 3. The molecule has 0 fully saturated rings. The summed E-state index contributed by atoms with van der Waals surface area (Å²) in [6, 6.07) is 0. The summed E-state index contributed by atoms with van der Waals surface area (Å²) in [6.45, 7) is 5.53. The van der Waals surface area contributed by atoms with E-state index >= 15 is 0 Å². The van der Waals surface area contributed by atoms with Gasteiger partial charge in [0, 0.05) is 5.38 Å². The molecule has 0 bridgehead atoms. The minimum atomic E-state index is -0.496. The van der Waals surface area contributed by atoms with Gasteiger partial charge in [-0.15, -0.1) is 11.3 Å². The minimum Gasteiger partial charge on any atom is -0.393 e. The molecule has 17 heavy (non-hydrogen) atoms. The first-order chi connectivity index (χ1) is 8.06. The Kier molecular flexibility index (Phi) is 3.54. The van der Waals surface area contributed by atoms with Gasteiger partial charge >= 0.3 is 0 Å². The van der Waals surface area contributed by atoms with Crippen LogP contribution in [0, 0.1) is 6.92 Å². The lowest BCUT2D eigenvalue weighted by Crippen LogP contribution is -2.11. The van der Waals surface area contributed by atoms with Crippen LogP contribution in [0.5, 0.6) is 0 Å². The van der Waals surface area contributed by atoms with Crippen LogP contribution in [0.25, 0.3) is 0 Å². The van der Waals surface area contributed by atoms with E-state index in [2.05, 4.69) is 15.1 Å². The summed E-state index contributed by atoms with van der Waals surface area (Å²) in [7, 11) is 0. The zero-order valence-corrected chi connectivity index (χ0v) is 10.9. The summed E-state index contributed by atoms with van der Waals surface area (Å²) >= 11 is 1.60. The van der Waals surface area contributed by atoms with Gasteiger partial charge in [-0.25, -0.2) is 4.98 Å². The van der Waals surface area contributed by atoms with Crippen LogP contribution in [-0.2, 0) is 6.42 Å². The van der Waals surface area contributed by atoms with Crippen molar-refractivity contribution in [1.82, 2.24) is 15.1 Å². The summed E-state index contributed by atoms with van der Waals surface area (Å²) in [5.74, 6) is 0.938. The SMILES string of the molecule is Cc1nc(Cc2noc(C(C)C(C)O)n2)cs1. The summed E-state index contributed by atoms with van der Waals surface area (Å²) in [6.07, 6.45) is 0.0743. The van der Waals surface area contributed by atoms with E-state index in [4.69, 9.17) is 4.52 Å². The molecule has 2 heterocycles. The molecule has 2 aromatic heterocycles. The van der Waals surface area contributed by atoms with Crippen molar-refractivity contribution in [2.75, 3.05) is 0 Å². The fourth-order valence-corrected chi connectivity index (χ4v) is 1.99. The van der Waals surface area contributed by atoms with Gasteiger partial charge in [0.2, 0.25) is 5.89 Å². The Balaban J connectivity index is 2.08. The van der Waals surface area contributed by atoms with E-state index in [-0.39, 0.29) is 5.92 Å². The molecule has 92 valence electrons. The Hall–Kier alpha value is -1.27. The highest BCUT2D eigenvalue weighted by Crippen LogP contribution is 2.18. The first-order valence-corrected chi connectivity index (χ1v) is 6.35. The second kappa shape index (κ2) is 4.93. The van der Waals surface area contributed by atoms with E-state index in [9.17, 15) is 5.11 Å². The third-order valence-electron chi connectivity index (χ3n) is 2.60. The van der Waals surface area contributed by atoms with Crippen LogP contribution in [0.4, 0.5) is 0 Å². The predicted octanol–water partition coefficient (Wildman–Crippen LogP) is 1.91. The highest BCUT2D eigenvalue weighted by atomic mass is 32.1. The van der Waals surface area contributed by atoms with E-state index in [1.807, 2.05) is 19.2 Å². The summed E-state index contributed by atoms with van der Waals surface area (Å²) < 4.78 is 5.12. The molecule has 2 rings (SSSR count). The molecule has 0 radical (unpaired) electrons. The van der Waals surface area contributed by atoms with E-state index < -0.39 is 6.10 Å². The molecule has 2 aromatic rings. The van der Waals surface area contributed by atoms with Gasteiger partial charge in [0.1, 0.15) is 0 Å². The Morgan fingerprint density at radius 2 is 2.18 bits per heavy atom. The first-order valence-electron chi connectivity index (χ1n) is 5.48. The summed E-state index contributed by atoms with van der Waals surface area (Å²) in [5, 5.41) is 16.3. The predicted molar refractivity (Wildman–Crippen MR) is 64.1 cm³/mol. The number of aliphatic hydroxyl groups is 1. The van der Waals surface area contributed by atoms with Gasteiger partial charge in [-0.2, -0.15) is 4.98 Å². The van der Waals surface area contributed by atoms with Gasteiger partial charge in [0.15, 0.2) is 5.82 Å². The van der Waals surface area contributed by atoms with Crippen LogP contribution in [0.15, 0.2) is 9.90 Å². The molecule has 0 saturated heterocycles. The van der Waals surface area contributed by atoms with Crippen molar-refractivity contribution in [2.45, 2.75) is 39.2 Å². The van der Waals surface area contributed by atoms with Crippen molar-refractivity contribution in [3.8, 4) is 0 Å². The Bertz CT molecular complexity index is 492. The van der Waals surface area contributed by atoms with Crippen LogP contribution < -0.4 is 0 Å². The van der Waals surface area contributed by atoms with Crippen molar-refractivity contribution in [2.24, 2.45) is 0 Å². The molecular weight excluding hydrogens is 238 g/mol. The highest BCUT2D eigenvalue weighted by Gasteiger charge is 2.19. The zero-order valence-electron chi connectivity index (χ0n) is 10.0. The van der Waals surface area contributed by atoms with Gasteiger partial charge < -0.3 is 9.63 Å². The highest BCUT2D eigenvalue weighted by molar-refractivity contribution is 7.09. The molecule has 0 aliphatic rings. The monoisotopic (exact) mass is 253 g/mol. The van der Waals surface area contributed by atoms with E-state index in [0.29, 0.717) is 18.1 Å². The van der Waals surface area contributed by atoms with Gasteiger partial charge in [0.05, 0.1) is 29.1 Å². The van der Waals surface area contributed by atoms with Crippen molar-refractivity contribution in [3.63, 3.8) is 0 Å². The molecule has 0 spiro atoms. The average molecular weight is 253 g/mol. The second-order valence-electron chi connectivity index (χ2n) is 4.11. The molecule has 0 aliphatic heterocycles. The topological polar surface area (TPSA) is 72.0 Å². The molecular formula is C11H15N3O2S. The van der Waals surface area contributed by atoms with Crippen LogP contribution in [-0.4, -0.2) is 26.3 Å². The molecule has 1 N–H and O–H groups in total. The zero-order chi connectivity index (χ0) is 12.4. The third kappa shape index (κ3) is 2.89. The minimum absolute atomic E-state index is 0.145. The lowest BCUT2D eigenvalue weighted by molar-refractivity contribution is 0.151. The Morgan fingerprint density at radius 3 is 2.76 bits per heavy atom. The largest absolute Gasteiger partial charge is 0.393 e. The number of thiazole rings is 1. The maximum absolute atomic E-state index is 9.44. The fraction of sp³-hybridized carbons (Fsp3) is 0.545. The van der Waals surface area contributed by atoms with E-state index in [1.54, 1.807) is 18.3 Å². The van der Waals surface area contributed by atoms with Crippen molar-refractivity contribution in [3.05, 3.63) is 27.8 Å². The Labute approximate surface area is 104 Å². The third-order valence-corrected chi connectivity index (χ3v) is 3.43. The van der Waals surface area contributed by atoms with Crippen molar-refractivity contribution < 1.29 is 9.63 Å². The first kappa shape index (κ1) is 12.2. The normalized spacial score (nSPS) is 14.8. The molecule has 6 heteroatoms. The maximum atomic E-state index is 9.44. The molecule has 2 atom stereocenters. The molecule has 0 amide bonds. The smallest absolute Gasteiger partial charge is 0.232 e. The lowest BCUT2D eigenvalue weighted by atomic mass is 10.1. The molecule has 0 saturated carbocycles. The number of hydrogen-bond acceptors (Lipinski definition) is 6. The molecule has 0 aliphatic carbocycles. The number of aliphatic hydroxyl groups excluding tert-OH is 1. The van der Waals surface area contributed by atoms with Gasteiger partial charge in [0.25, 0.3) is 0 Å². The van der Waals surface area contributed by atoms with E-state index in [0.717, 1.165) is 10.7 Å². The Morgan fingerprint density at radius 1 is 1.41 bits per heavy atom. The quantitative estimate of drug-likeness (QED) is 0.901. The van der Waals surface area contributed by atoms with Gasteiger partial charge in [-0.1, -0.05) is 12.1 Å². The van der Waals surface area contributed by atoms with Crippen LogP contribution in [0.1, 0.15) is 42.2 Å². The summed E-state index contributed by atoms with van der Waals surface area (Å²) in [5.41, 5.74) is 0.949. The second-order valence-corrected chi connectivity index (χ2v) is 5.17. The van der Waals surface area contributed by atoms with Crippen LogP contribution in [0.2, 0.25) is 0 Å². The average Bonchev–Trinajstić information content (AvgIpc) is 2.87. The van der Waals surface area contributed by atoms with Gasteiger partial charge in [-0.3, -0.25) is 0 Å². The summed E-state index contributed by atoms with van der Waals surface area (Å²) in [4.78, 5) is 8.61. The standard InChI is InChI=1S/C11H15N3O2S/c1-6(7(2)15)11-13-10(14-16-11)4-9-5-17-8(3)12-9/h5-7,15H,4H2,1-3H3. The molecule has 2 unspecified atom stereocenters. The van der Waals surface area contributed by atoms with Gasteiger partial charge in [-0.05, 0) is 13.8 Å². The van der Waals surface area contributed by atoms with E-state index in [1.165, 1.54) is 0 Å².